The van der Waals surface area contributed by atoms with Crippen LogP contribution < -0.4 is 5.73 Å². The highest BCUT2D eigenvalue weighted by atomic mass is 32.1. The van der Waals surface area contributed by atoms with Crippen molar-refractivity contribution < 1.29 is 13.2 Å². The Labute approximate surface area is 122 Å². The molecule has 3 rings (SSSR count). The fourth-order valence-electron chi connectivity index (χ4n) is 2.17. The lowest BCUT2D eigenvalue weighted by atomic mass is 10.0. The highest BCUT2D eigenvalue weighted by molar-refractivity contribution is 7.13. The van der Waals surface area contributed by atoms with E-state index in [0.717, 1.165) is 10.9 Å². The average Bonchev–Trinajstić information content (AvgIpc) is 3.06. The summed E-state index contributed by atoms with van der Waals surface area (Å²) in [4.78, 5) is 0.772. The molecule has 1 aromatic carbocycles. The van der Waals surface area contributed by atoms with Gasteiger partial charge in [-0.25, -0.2) is 0 Å². The monoisotopic (exact) mass is 309 g/mol. The number of hydrogen-bond donors (Lipinski definition) is 2. The largest absolute Gasteiger partial charge is 0.417 e. The minimum absolute atomic E-state index is 0.0394. The van der Waals surface area contributed by atoms with E-state index in [-0.39, 0.29) is 17.1 Å². The molecule has 0 aliphatic heterocycles. The molecular weight excluding hydrogens is 299 g/mol. The number of nitrogens with zero attached hydrogens (tertiary/aromatic N) is 1. The Hall–Kier alpha value is -2.28. The number of anilines is 1. The zero-order chi connectivity index (χ0) is 15.0. The summed E-state index contributed by atoms with van der Waals surface area (Å²) in [5.74, 6) is 0.185. The molecule has 0 bridgehead atoms. The molecule has 108 valence electrons. The van der Waals surface area contributed by atoms with E-state index >= 15 is 0 Å². The van der Waals surface area contributed by atoms with E-state index in [1.165, 1.54) is 23.5 Å². The van der Waals surface area contributed by atoms with Crippen LogP contribution in [0.5, 0.6) is 0 Å². The van der Waals surface area contributed by atoms with Gasteiger partial charge in [0.2, 0.25) is 0 Å². The molecule has 0 aliphatic rings. The minimum Gasteiger partial charge on any atom is -0.382 e. The van der Waals surface area contributed by atoms with Gasteiger partial charge in [-0.3, -0.25) is 5.10 Å². The molecule has 0 unspecified atom stereocenters. The maximum Gasteiger partial charge on any atom is 0.417 e. The molecule has 7 heteroatoms. The molecule has 3 nitrogen and oxygen atoms in total. The van der Waals surface area contributed by atoms with Gasteiger partial charge >= 0.3 is 6.18 Å². The van der Waals surface area contributed by atoms with E-state index in [1.54, 1.807) is 12.1 Å². The quantitative estimate of drug-likeness (QED) is 0.737. The molecule has 3 aromatic rings. The van der Waals surface area contributed by atoms with Crippen molar-refractivity contribution in [1.82, 2.24) is 10.2 Å². The zero-order valence-electron chi connectivity index (χ0n) is 10.6. The maximum absolute atomic E-state index is 13.2. The second kappa shape index (κ2) is 4.92. The summed E-state index contributed by atoms with van der Waals surface area (Å²) in [6, 6.07) is 8.98. The number of benzene rings is 1. The Kier molecular flexibility index (Phi) is 3.21. The van der Waals surface area contributed by atoms with Crippen molar-refractivity contribution in [2.75, 3.05) is 5.73 Å². The number of rotatable bonds is 2. The van der Waals surface area contributed by atoms with Crippen molar-refractivity contribution in [3.63, 3.8) is 0 Å². The second-order valence-electron chi connectivity index (χ2n) is 4.38. The first-order valence-electron chi connectivity index (χ1n) is 6.03. The van der Waals surface area contributed by atoms with E-state index in [9.17, 15) is 13.2 Å². The molecule has 0 saturated heterocycles. The lowest BCUT2D eigenvalue weighted by Crippen LogP contribution is -2.07. The van der Waals surface area contributed by atoms with Crippen LogP contribution in [0.25, 0.3) is 21.7 Å². The number of nitrogens with one attached hydrogen (secondary N) is 1. The summed E-state index contributed by atoms with van der Waals surface area (Å²) in [5, 5.41) is 8.32. The summed E-state index contributed by atoms with van der Waals surface area (Å²) in [5.41, 5.74) is 5.92. The van der Waals surface area contributed by atoms with E-state index in [2.05, 4.69) is 10.2 Å². The van der Waals surface area contributed by atoms with Crippen LogP contribution in [0.4, 0.5) is 19.0 Å². The highest BCUT2D eigenvalue weighted by Crippen LogP contribution is 2.42. The van der Waals surface area contributed by atoms with Crippen LogP contribution in [-0.4, -0.2) is 10.2 Å². The van der Waals surface area contributed by atoms with Crippen LogP contribution in [0.2, 0.25) is 0 Å². The minimum atomic E-state index is -4.44. The Morgan fingerprint density at radius 3 is 2.52 bits per heavy atom. The third-order valence-corrected chi connectivity index (χ3v) is 3.95. The van der Waals surface area contributed by atoms with Crippen molar-refractivity contribution in [3.8, 4) is 21.7 Å². The topological polar surface area (TPSA) is 54.7 Å². The first kappa shape index (κ1) is 13.7. The third-order valence-electron chi connectivity index (χ3n) is 3.06. The molecule has 0 atom stereocenters. The van der Waals surface area contributed by atoms with Gasteiger partial charge in [-0.15, -0.1) is 11.3 Å². The van der Waals surface area contributed by atoms with Crippen molar-refractivity contribution in [2.45, 2.75) is 6.18 Å². The van der Waals surface area contributed by atoms with Gasteiger partial charge in [-0.1, -0.05) is 24.3 Å². The van der Waals surface area contributed by atoms with E-state index < -0.39 is 11.7 Å². The molecule has 2 heterocycles. The summed E-state index contributed by atoms with van der Waals surface area (Å²) in [6.45, 7) is 0. The third kappa shape index (κ3) is 2.40. The number of thiophene rings is 1. The fraction of sp³-hybridized carbons (Fsp3) is 0.0714. The van der Waals surface area contributed by atoms with Gasteiger partial charge in [0.15, 0.2) is 5.82 Å². The number of H-pyrrole nitrogens is 1. The molecule has 0 aliphatic carbocycles. The number of halogens is 3. The van der Waals surface area contributed by atoms with E-state index in [4.69, 9.17) is 5.73 Å². The van der Waals surface area contributed by atoms with Gasteiger partial charge < -0.3 is 5.73 Å². The van der Waals surface area contributed by atoms with Gasteiger partial charge in [-0.2, -0.15) is 18.3 Å². The molecule has 3 N–H and O–H groups in total. The summed E-state index contributed by atoms with van der Waals surface area (Å²) in [7, 11) is 0. The Morgan fingerprint density at radius 1 is 1.10 bits per heavy atom. The van der Waals surface area contributed by atoms with Crippen LogP contribution in [0, 0.1) is 0 Å². The number of aromatic amines is 1. The molecular formula is C14H10F3N3S. The lowest BCUT2D eigenvalue weighted by molar-refractivity contribution is -0.137. The smallest absolute Gasteiger partial charge is 0.382 e. The first-order chi connectivity index (χ1) is 9.98. The number of alkyl halides is 3. The highest BCUT2D eigenvalue weighted by Gasteiger charge is 2.34. The average molecular weight is 309 g/mol. The number of aromatic nitrogens is 2. The SMILES string of the molecule is Nc1n[nH]c(-c2ccccc2C(F)(F)F)c1-c1cccs1. The molecule has 0 fully saturated rings. The van der Waals surface area contributed by atoms with Crippen LogP contribution in [0.15, 0.2) is 41.8 Å². The van der Waals surface area contributed by atoms with Crippen molar-refractivity contribution in [3.05, 3.63) is 47.3 Å². The van der Waals surface area contributed by atoms with Crippen molar-refractivity contribution in [2.24, 2.45) is 0 Å². The molecule has 2 aromatic heterocycles. The predicted molar refractivity (Wildman–Crippen MR) is 76.8 cm³/mol. The van der Waals surface area contributed by atoms with Crippen LogP contribution >= 0.6 is 11.3 Å². The van der Waals surface area contributed by atoms with Gasteiger partial charge in [0, 0.05) is 10.4 Å². The van der Waals surface area contributed by atoms with Gasteiger partial charge in [0.1, 0.15) is 0 Å². The Balaban J connectivity index is 2.24. The van der Waals surface area contributed by atoms with E-state index in [0.29, 0.717) is 5.56 Å². The van der Waals surface area contributed by atoms with Crippen molar-refractivity contribution in [1.29, 1.82) is 0 Å². The summed E-state index contributed by atoms with van der Waals surface area (Å²) < 4.78 is 39.5. The van der Waals surface area contributed by atoms with Crippen LogP contribution in [0.1, 0.15) is 5.56 Å². The van der Waals surface area contributed by atoms with Gasteiger partial charge in [0.05, 0.1) is 16.8 Å². The zero-order valence-corrected chi connectivity index (χ0v) is 11.4. The molecule has 21 heavy (non-hydrogen) atoms. The van der Waals surface area contributed by atoms with Gasteiger partial charge in [0.25, 0.3) is 0 Å². The van der Waals surface area contributed by atoms with E-state index in [1.807, 2.05) is 11.4 Å². The number of nitrogen functional groups attached to an aromatic ring is 1. The lowest BCUT2D eigenvalue weighted by Gasteiger charge is -2.12. The number of nitrogens with two attached hydrogens (primary N) is 1. The summed E-state index contributed by atoms with van der Waals surface area (Å²) >= 11 is 1.40. The Bertz CT molecular complexity index is 760. The number of hydrogen-bond acceptors (Lipinski definition) is 3. The van der Waals surface area contributed by atoms with Crippen molar-refractivity contribution >= 4 is 17.2 Å². The standard InChI is InChI=1S/C14H10F3N3S/c15-14(16,17)9-5-2-1-4-8(9)12-11(13(18)20-19-12)10-6-3-7-21-10/h1-7H,(H3,18,19,20). The maximum atomic E-state index is 13.2. The molecule has 0 radical (unpaired) electrons. The second-order valence-corrected chi connectivity index (χ2v) is 5.33. The summed E-state index contributed by atoms with van der Waals surface area (Å²) in [6.07, 6.45) is -4.44. The normalized spacial score (nSPS) is 11.8. The Morgan fingerprint density at radius 2 is 1.86 bits per heavy atom. The molecule has 0 saturated carbocycles. The molecule has 0 amide bonds. The molecule has 0 spiro atoms. The fourth-order valence-corrected chi connectivity index (χ4v) is 2.95. The first-order valence-corrected chi connectivity index (χ1v) is 6.91. The van der Waals surface area contributed by atoms with Crippen LogP contribution in [0.3, 0.4) is 0 Å². The predicted octanol–water partition coefficient (Wildman–Crippen LogP) is 4.41. The van der Waals surface area contributed by atoms with Gasteiger partial charge in [-0.05, 0) is 17.5 Å². The van der Waals surface area contributed by atoms with Crippen LogP contribution in [-0.2, 0) is 6.18 Å².